The lowest BCUT2D eigenvalue weighted by molar-refractivity contribution is -0.120. The normalized spacial score (nSPS) is 16.1. The molecule has 10 heteroatoms. The van der Waals surface area contributed by atoms with Crippen molar-refractivity contribution in [2.45, 2.75) is 24.7 Å². The summed E-state index contributed by atoms with van der Waals surface area (Å²) in [7, 11) is -3.92. The number of thiazole rings is 1. The van der Waals surface area contributed by atoms with E-state index in [1.807, 2.05) is 19.1 Å². The largest absolute Gasteiger partial charge is 0.302 e. The summed E-state index contributed by atoms with van der Waals surface area (Å²) in [5.41, 5.74) is 1.73. The molecule has 4 rings (SSSR count). The maximum Gasteiger partial charge on any atom is 0.245 e. The first kappa shape index (κ1) is 21.2. The number of amides is 1. The molecule has 0 radical (unpaired) electrons. The molecule has 3 aromatic rings. The van der Waals surface area contributed by atoms with Crippen LogP contribution < -0.4 is 5.32 Å². The van der Waals surface area contributed by atoms with Crippen LogP contribution in [0.1, 0.15) is 18.4 Å². The van der Waals surface area contributed by atoms with Gasteiger partial charge in [-0.05, 0) is 49.6 Å². The number of aromatic nitrogens is 1. The molecule has 1 aliphatic heterocycles. The minimum Gasteiger partial charge on any atom is -0.302 e. The number of nitrogens with one attached hydrogen (secondary N) is 1. The van der Waals surface area contributed by atoms with Gasteiger partial charge in [-0.2, -0.15) is 4.31 Å². The molecule has 30 heavy (non-hydrogen) atoms. The smallest absolute Gasteiger partial charge is 0.245 e. The van der Waals surface area contributed by atoms with Crippen LogP contribution >= 0.6 is 22.9 Å². The Balaban J connectivity index is 1.42. The van der Waals surface area contributed by atoms with Crippen LogP contribution in [0.3, 0.4) is 0 Å². The van der Waals surface area contributed by atoms with Crippen molar-refractivity contribution in [2.24, 2.45) is 5.92 Å². The average molecular weight is 468 g/mol. The van der Waals surface area contributed by atoms with Crippen LogP contribution in [0.4, 0.5) is 9.52 Å². The first-order valence-corrected chi connectivity index (χ1v) is 12.0. The molecule has 1 aromatic heterocycles. The third-order valence-corrected chi connectivity index (χ3v) is 8.23. The molecule has 0 saturated carbocycles. The molecule has 6 nitrogen and oxygen atoms in total. The van der Waals surface area contributed by atoms with E-state index in [0.717, 1.165) is 21.8 Å². The number of piperidine rings is 1. The molecule has 0 bridgehead atoms. The first-order chi connectivity index (χ1) is 14.3. The number of nitrogens with zero attached hydrogens (tertiary/aromatic N) is 2. The fraction of sp³-hybridized carbons (Fsp3) is 0.300. The van der Waals surface area contributed by atoms with Crippen molar-refractivity contribution < 1.29 is 17.6 Å². The van der Waals surface area contributed by atoms with Crippen molar-refractivity contribution in [1.29, 1.82) is 0 Å². The number of fused-ring (bicyclic) bond motifs is 1. The Morgan fingerprint density at radius 2 is 1.97 bits per heavy atom. The Hall–Kier alpha value is -2.07. The summed E-state index contributed by atoms with van der Waals surface area (Å²) in [5, 5.41) is 3.94. The molecule has 158 valence electrons. The summed E-state index contributed by atoms with van der Waals surface area (Å²) in [4.78, 5) is 16.8. The van der Waals surface area contributed by atoms with E-state index in [1.54, 1.807) is 0 Å². The van der Waals surface area contributed by atoms with Crippen LogP contribution in [-0.2, 0) is 14.8 Å². The summed E-state index contributed by atoms with van der Waals surface area (Å²) in [5.74, 6) is -1.31. The van der Waals surface area contributed by atoms with E-state index in [1.165, 1.54) is 33.8 Å². The lowest BCUT2D eigenvalue weighted by atomic mass is 9.97. The average Bonchev–Trinajstić information content (AvgIpc) is 3.11. The van der Waals surface area contributed by atoms with Gasteiger partial charge in [0.15, 0.2) is 5.13 Å². The number of carbonyl (C=O) groups is 1. The van der Waals surface area contributed by atoms with E-state index in [4.69, 9.17) is 11.6 Å². The molecule has 1 fully saturated rings. The maximum absolute atomic E-state index is 13.9. The molecule has 1 amide bonds. The molecule has 0 atom stereocenters. The minimum absolute atomic E-state index is 0.156. The van der Waals surface area contributed by atoms with Gasteiger partial charge in [0.25, 0.3) is 0 Å². The molecule has 1 N–H and O–H groups in total. The quantitative estimate of drug-likeness (QED) is 0.615. The molecule has 2 heterocycles. The van der Waals surface area contributed by atoms with E-state index < -0.39 is 15.8 Å². The second-order valence-corrected chi connectivity index (χ2v) is 10.6. The Morgan fingerprint density at radius 3 is 2.67 bits per heavy atom. The number of anilines is 1. The van der Waals surface area contributed by atoms with Gasteiger partial charge >= 0.3 is 0 Å². The zero-order chi connectivity index (χ0) is 21.5. The van der Waals surface area contributed by atoms with Gasteiger partial charge in [0.2, 0.25) is 15.9 Å². The second-order valence-electron chi connectivity index (χ2n) is 7.19. The molecule has 1 aliphatic rings. The van der Waals surface area contributed by atoms with Crippen LogP contribution in [0, 0.1) is 18.7 Å². The summed E-state index contributed by atoms with van der Waals surface area (Å²) < 4.78 is 41.5. The zero-order valence-corrected chi connectivity index (χ0v) is 18.5. The van der Waals surface area contributed by atoms with Crippen molar-refractivity contribution in [3.63, 3.8) is 0 Å². The van der Waals surface area contributed by atoms with Crippen molar-refractivity contribution in [3.05, 3.63) is 52.8 Å². The molecule has 2 aromatic carbocycles. The van der Waals surface area contributed by atoms with Gasteiger partial charge < -0.3 is 5.32 Å². The van der Waals surface area contributed by atoms with Gasteiger partial charge in [-0.1, -0.05) is 35.1 Å². The van der Waals surface area contributed by atoms with Crippen molar-refractivity contribution >= 4 is 54.2 Å². The van der Waals surface area contributed by atoms with Crippen LogP contribution in [0.2, 0.25) is 5.02 Å². The van der Waals surface area contributed by atoms with Crippen molar-refractivity contribution in [3.8, 4) is 0 Å². The Morgan fingerprint density at radius 1 is 1.27 bits per heavy atom. The van der Waals surface area contributed by atoms with E-state index in [-0.39, 0.29) is 29.8 Å². The van der Waals surface area contributed by atoms with E-state index >= 15 is 0 Å². The second kappa shape index (κ2) is 8.22. The molecule has 0 spiro atoms. The van der Waals surface area contributed by atoms with E-state index in [0.29, 0.717) is 23.0 Å². The number of halogens is 2. The number of rotatable bonds is 4. The number of hydrogen-bond acceptors (Lipinski definition) is 5. The maximum atomic E-state index is 13.9. The Labute approximate surface area is 182 Å². The molecular weight excluding hydrogens is 449 g/mol. The molecule has 1 saturated heterocycles. The van der Waals surface area contributed by atoms with E-state index in [2.05, 4.69) is 10.3 Å². The predicted molar refractivity (Wildman–Crippen MR) is 116 cm³/mol. The van der Waals surface area contributed by atoms with Crippen LogP contribution in [-0.4, -0.2) is 36.7 Å². The third kappa shape index (κ3) is 4.07. The third-order valence-electron chi connectivity index (χ3n) is 5.16. The van der Waals surface area contributed by atoms with Gasteiger partial charge in [0.1, 0.15) is 10.7 Å². The van der Waals surface area contributed by atoms with Gasteiger partial charge in [-0.3, -0.25) is 4.79 Å². The summed E-state index contributed by atoms with van der Waals surface area (Å²) in [6.07, 6.45) is 0.713. The number of benzene rings is 2. The SMILES string of the molecule is Cc1cc(Cl)cc2sc(NC(=O)C3CCN(S(=O)(=O)c4ccccc4F)CC3)nc12. The van der Waals surface area contributed by atoms with Crippen molar-refractivity contribution in [1.82, 2.24) is 9.29 Å². The number of hydrogen-bond donors (Lipinski definition) is 1. The van der Waals surface area contributed by atoms with Gasteiger partial charge in [0, 0.05) is 24.0 Å². The molecule has 0 aliphatic carbocycles. The number of carbonyl (C=O) groups excluding carboxylic acids is 1. The van der Waals surface area contributed by atoms with Gasteiger partial charge in [-0.15, -0.1) is 0 Å². The first-order valence-electron chi connectivity index (χ1n) is 9.38. The minimum atomic E-state index is -3.92. The molecular formula is C20H19ClFN3O3S2. The van der Waals surface area contributed by atoms with Crippen LogP contribution in [0.5, 0.6) is 0 Å². The standard InChI is InChI=1S/C20H19ClFN3O3S2/c1-12-10-14(21)11-16-18(12)23-20(29-16)24-19(26)13-6-8-25(9-7-13)30(27,28)17-5-3-2-4-15(17)22/h2-5,10-11,13H,6-9H2,1H3,(H,23,24,26). The lowest BCUT2D eigenvalue weighted by Gasteiger charge is -2.30. The Bertz CT molecular complexity index is 1220. The summed E-state index contributed by atoms with van der Waals surface area (Å²) >= 11 is 7.43. The summed E-state index contributed by atoms with van der Waals surface area (Å²) in [6, 6.07) is 8.94. The topological polar surface area (TPSA) is 79.4 Å². The number of sulfonamides is 1. The number of aryl methyl sites for hydroxylation is 1. The Kier molecular flexibility index (Phi) is 5.80. The fourth-order valence-electron chi connectivity index (χ4n) is 3.57. The fourth-order valence-corrected chi connectivity index (χ4v) is 6.42. The van der Waals surface area contributed by atoms with Gasteiger partial charge in [-0.25, -0.2) is 17.8 Å². The highest BCUT2D eigenvalue weighted by molar-refractivity contribution is 7.89. The zero-order valence-electron chi connectivity index (χ0n) is 16.1. The highest BCUT2D eigenvalue weighted by Gasteiger charge is 2.33. The monoisotopic (exact) mass is 467 g/mol. The van der Waals surface area contributed by atoms with Crippen molar-refractivity contribution in [2.75, 3.05) is 18.4 Å². The highest BCUT2D eigenvalue weighted by Crippen LogP contribution is 2.32. The molecule has 0 unspecified atom stereocenters. The lowest BCUT2D eigenvalue weighted by Crippen LogP contribution is -2.41. The highest BCUT2D eigenvalue weighted by atomic mass is 35.5. The van der Waals surface area contributed by atoms with Crippen LogP contribution in [0.15, 0.2) is 41.3 Å². The van der Waals surface area contributed by atoms with Crippen LogP contribution in [0.25, 0.3) is 10.2 Å². The summed E-state index contributed by atoms with van der Waals surface area (Å²) in [6.45, 7) is 2.22. The van der Waals surface area contributed by atoms with E-state index in [9.17, 15) is 17.6 Å². The predicted octanol–water partition coefficient (Wildman–Crippen LogP) is 4.44. The van der Waals surface area contributed by atoms with Gasteiger partial charge in [0.05, 0.1) is 10.2 Å².